The first-order chi connectivity index (χ1) is 11.2. The largest absolute Gasteiger partial charge is 0.444 e. The van der Waals surface area contributed by atoms with Gasteiger partial charge in [-0.1, -0.05) is 6.92 Å². The number of aromatic nitrogens is 1. The van der Waals surface area contributed by atoms with Crippen molar-refractivity contribution in [3.63, 3.8) is 0 Å². The molecule has 134 valence electrons. The standard InChI is InChI=1S/C18H29N3O3/c1-6-15(22)14-12-19-16(11-13(14)2)20-7-9-21(10-8-20)17(23)24-18(3,4)5/h11-12,15,22H,6-10H2,1-5H3. The summed E-state index contributed by atoms with van der Waals surface area (Å²) in [6, 6.07) is 2.01. The first-order valence-electron chi connectivity index (χ1n) is 8.58. The summed E-state index contributed by atoms with van der Waals surface area (Å²) in [6.07, 6.45) is 1.72. The summed E-state index contributed by atoms with van der Waals surface area (Å²) in [6.45, 7) is 12.3. The molecule has 6 nitrogen and oxygen atoms in total. The molecule has 1 aromatic heterocycles. The smallest absolute Gasteiger partial charge is 0.410 e. The monoisotopic (exact) mass is 335 g/mol. The molecule has 0 bridgehead atoms. The number of carbonyl (C=O) groups is 1. The molecule has 0 spiro atoms. The predicted octanol–water partition coefficient (Wildman–Crippen LogP) is 2.89. The van der Waals surface area contributed by atoms with Gasteiger partial charge in [-0.2, -0.15) is 0 Å². The number of hydrogen-bond acceptors (Lipinski definition) is 5. The fourth-order valence-electron chi connectivity index (χ4n) is 2.74. The van der Waals surface area contributed by atoms with E-state index >= 15 is 0 Å². The molecule has 1 unspecified atom stereocenters. The van der Waals surface area contributed by atoms with Gasteiger partial charge in [-0.15, -0.1) is 0 Å². The number of aryl methyl sites for hydroxylation is 1. The second-order valence-corrected chi connectivity index (χ2v) is 7.28. The third-order valence-electron chi connectivity index (χ3n) is 4.14. The van der Waals surface area contributed by atoms with Gasteiger partial charge in [0.15, 0.2) is 0 Å². The fraction of sp³-hybridized carbons (Fsp3) is 0.667. The number of aliphatic hydroxyl groups excluding tert-OH is 1. The first kappa shape index (κ1) is 18.5. The minimum atomic E-state index is -0.469. The van der Waals surface area contributed by atoms with Gasteiger partial charge < -0.3 is 19.6 Å². The molecule has 1 aromatic rings. The van der Waals surface area contributed by atoms with E-state index in [-0.39, 0.29) is 6.09 Å². The molecule has 6 heteroatoms. The molecule has 24 heavy (non-hydrogen) atoms. The van der Waals surface area contributed by atoms with Gasteiger partial charge in [-0.05, 0) is 45.7 Å². The highest BCUT2D eigenvalue weighted by Gasteiger charge is 2.26. The lowest BCUT2D eigenvalue weighted by atomic mass is 10.0. The lowest BCUT2D eigenvalue weighted by molar-refractivity contribution is 0.0240. The van der Waals surface area contributed by atoms with Crippen molar-refractivity contribution >= 4 is 11.9 Å². The van der Waals surface area contributed by atoms with Crippen molar-refractivity contribution in [3.05, 3.63) is 23.4 Å². The minimum absolute atomic E-state index is 0.257. The summed E-state index contributed by atoms with van der Waals surface area (Å²) in [7, 11) is 0. The highest BCUT2D eigenvalue weighted by atomic mass is 16.6. The van der Waals surface area contributed by atoms with E-state index in [1.807, 2.05) is 40.7 Å². The molecule has 2 rings (SSSR count). The van der Waals surface area contributed by atoms with Crippen molar-refractivity contribution in [1.29, 1.82) is 0 Å². The quantitative estimate of drug-likeness (QED) is 0.920. The van der Waals surface area contributed by atoms with Crippen molar-refractivity contribution in [1.82, 2.24) is 9.88 Å². The number of piperazine rings is 1. The van der Waals surface area contributed by atoms with Gasteiger partial charge in [0, 0.05) is 37.9 Å². The molecule has 1 atom stereocenters. The van der Waals surface area contributed by atoms with E-state index < -0.39 is 11.7 Å². The van der Waals surface area contributed by atoms with Crippen LogP contribution in [0.25, 0.3) is 0 Å². The number of aliphatic hydroxyl groups is 1. The van der Waals surface area contributed by atoms with Crippen LogP contribution >= 0.6 is 0 Å². The molecule has 0 aromatic carbocycles. The first-order valence-corrected chi connectivity index (χ1v) is 8.58. The Balaban J connectivity index is 1.97. The van der Waals surface area contributed by atoms with Gasteiger partial charge in [0.05, 0.1) is 6.10 Å². The van der Waals surface area contributed by atoms with Gasteiger partial charge in [0.2, 0.25) is 0 Å². The number of anilines is 1. The molecule has 1 fully saturated rings. The van der Waals surface area contributed by atoms with Gasteiger partial charge in [-0.25, -0.2) is 9.78 Å². The van der Waals surface area contributed by atoms with Crippen LogP contribution in [-0.2, 0) is 4.74 Å². The van der Waals surface area contributed by atoms with Gasteiger partial charge >= 0.3 is 6.09 Å². The van der Waals surface area contributed by atoms with Crippen LogP contribution < -0.4 is 4.90 Å². The molecule has 1 aliphatic rings. The van der Waals surface area contributed by atoms with E-state index in [0.29, 0.717) is 19.5 Å². The Kier molecular flexibility index (Phi) is 5.70. The zero-order chi connectivity index (χ0) is 17.9. The van der Waals surface area contributed by atoms with Crippen molar-refractivity contribution in [3.8, 4) is 0 Å². The van der Waals surface area contributed by atoms with Crippen molar-refractivity contribution in [2.45, 2.75) is 52.7 Å². The van der Waals surface area contributed by atoms with Crippen LogP contribution in [0.4, 0.5) is 10.6 Å². The van der Waals surface area contributed by atoms with E-state index in [4.69, 9.17) is 4.74 Å². The Hall–Kier alpha value is -1.82. The van der Waals surface area contributed by atoms with Crippen molar-refractivity contribution in [2.24, 2.45) is 0 Å². The maximum atomic E-state index is 12.1. The molecular weight excluding hydrogens is 306 g/mol. The maximum absolute atomic E-state index is 12.1. The van der Waals surface area contributed by atoms with Crippen LogP contribution in [0, 0.1) is 6.92 Å². The summed E-state index contributed by atoms with van der Waals surface area (Å²) in [4.78, 5) is 20.5. The Morgan fingerprint density at radius 2 is 1.96 bits per heavy atom. The molecule has 1 saturated heterocycles. The van der Waals surface area contributed by atoms with Crippen LogP contribution in [0.3, 0.4) is 0 Å². The maximum Gasteiger partial charge on any atom is 0.410 e. The zero-order valence-corrected chi connectivity index (χ0v) is 15.4. The van der Waals surface area contributed by atoms with E-state index in [1.54, 1.807) is 11.1 Å². The van der Waals surface area contributed by atoms with Crippen LogP contribution in [0.1, 0.15) is 51.3 Å². The Morgan fingerprint density at radius 3 is 2.46 bits per heavy atom. The SMILES string of the molecule is CCC(O)c1cnc(N2CCN(C(=O)OC(C)(C)C)CC2)cc1C. The predicted molar refractivity (Wildman–Crippen MR) is 94.2 cm³/mol. The summed E-state index contributed by atoms with van der Waals surface area (Å²) in [5.74, 6) is 0.892. The van der Waals surface area contributed by atoms with E-state index in [9.17, 15) is 9.90 Å². The Labute approximate surface area is 144 Å². The average molecular weight is 335 g/mol. The number of ether oxygens (including phenoxy) is 1. The van der Waals surface area contributed by atoms with Gasteiger partial charge in [0.1, 0.15) is 11.4 Å². The fourth-order valence-corrected chi connectivity index (χ4v) is 2.74. The second kappa shape index (κ2) is 7.38. The molecular formula is C18H29N3O3. The number of hydrogen-bond donors (Lipinski definition) is 1. The van der Waals surface area contributed by atoms with Crippen LogP contribution in [-0.4, -0.2) is 52.9 Å². The van der Waals surface area contributed by atoms with Crippen molar-refractivity contribution in [2.75, 3.05) is 31.1 Å². The molecule has 0 saturated carbocycles. The second-order valence-electron chi connectivity index (χ2n) is 7.28. The topological polar surface area (TPSA) is 65.9 Å². The number of rotatable bonds is 3. The van der Waals surface area contributed by atoms with Crippen LogP contribution in [0.15, 0.2) is 12.3 Å². The van der Waals surface area contributed by atoms with E-state index in [2.05, 4.69) is 9.88 Å². The molecule has 1 amide bonds. The van der Waals surface area contributed by atoms with E-state index in [0.717, 1.165) is 30.0 Å². The minimum Gasteiger partial charge on any atom is -0.444 e. The molecule has 2 heterocycles. The number of carbonyl (C=O) groups excluding carboxylic acids is 1. The zero-order valence-electron chi connectivity index (χ0n) is 15.4. The summed E-state index contributed by atoms with van der Waals surface area (Å²) >= 11 is 0. The number of amides is 1. The molecule has 0 radical (unpaired) electrons. The summed E-state index contributed by atoms with van der Waals surface area (Å²) < 4.78 is 5.42. The molecule has 1 N–H and O–H groups in total. The number of pyridine rings is 1. The van der Waals surface area contributed by atoms with Crippen LogP contribution in [0.2, 0.25) is 0 Å². The lowest BCUT2D eigenvalue weighted by Gasteiger charge is -2.36. The highest BCUT2D eigenvalue weighted by molar-refractivity contribution is 5.68. The highest BCUT2D eigenvalue weighted by Crippen LogP contribution is 2.24. The van der Waals surface area contributed by atoms with Crippen LogP contribution in [0.5, 0.6) is 0 Å². The summed E-state index contributed by atoms with van der Waals surface area (Å²) in [5.41, 5.74) is 1.46. The number of nitrogens with zero attached hydrogens (tertiary/aromatic N) is 3. The summed E-state index contributed by atoms with van der Waals surface area (Å²) in [5, 5.41) is 9.99. The Morgan fingerprint density at radius 1 is 1.33 bits per heavy atom. The molecule has 0 aliphatic carbocycles. The average Bonchev–Trinajstić information content (AvgIpc) is 2.52. The third kappa shape index (κ3) is 4.60. The normalized spacial score (nSPS) is 16.9. The van der Waals surface area contributed by atoms with Gasteiger partial charge in [-0.3, -0.25) is 0 Å². The van der Waals surface area contributed by atoms with Crippen molar-refractivity contribution < 1.29 is 14.6 Å². The molecule has 1 aliphatic heterocycles. The third-order valence-corrected chi connectivity index (χ3v) is 4.14. The van der Waals surface area contributed by atoms with Gasteiger partial charge in [0.25, 0.3) is 0 Å². The van der Waals surface area contributed by atoms with E-state index in [1.165, 1.54) is 0 Å². The lowest BCUT2D eigenvalue weighted by Crippen LogP contribution is -2.50. The Bertz CT molecular complexity index is 575.